The minimum absolute atomic E-state index is 0.0608. The number of fused-ring (bicyclic) bond motifs is 3. The van der Waals surface area contributed by atoms with Crippen molar-refractivity contribution in [3.63, 3.8) is 0 Å². The fraction of sp³-hybridized carbons (Fsp3) is 0.250. The molecule has 0 aliphatic heterocycles. The second-order valence-corrected chi connectivity index (χ2v) is 10.7. The van der Waals surface area contributed by atoms with E-state index < -0.39 is 0 Å². The van der Waals surface area contributed by atoms with Gasteiger partial charge in [-0.05, 0) is 58.5 Å². The highest BCUT2D eigenvalue weighted by atomic mass is 35.5. The van der Waals surface area contributed by atoms with Gasteiger partial charge in [-0.25, -0.2) is 9.13 Å². The van der Waals surface area contributed by atoms with Crippen molar-refractivity contribution in [2.45, 2.75) is 32.2 Å². The van der Waals surface area contributed by atoms with Crippen molar-refractivity contribution >= 4 is 73.8 Å². The second kappa shape index (κ2) is 12.2. The summed E-state index contributed by atoms with van der Waals surface area (Å²) in [5.74, 6) is 1.12. The Morgan fingerprint density at radius 2 is 1.59 bits per heavy atom. The average Bonchev–Trinajstić information content (AvgIpc) is 3.19. The number of amides is 1. The number of hydrogen-bond acceptors (Lipinski definition) is 2. The van der Waals surface area contributed by atoms with Gasteiger partial charge in [0.2, 0.25) is 5.91 Å². The lowest BCUT2D eigenvalue weighted by Crippen LogP contribution is -2.31. The first-order valence-electron chi connectivity index (χ1n) is 13.4. The van der Waals surface area contributed by atoms with E-state index in [1.54, 1.807) is 0 Å². The third-order valence-corrected chi connectivity index (χ3v) is 7.98. The molecule has 0 bridgehead atoms. The van der Waals surface area contributed by atoms with E-state index in [1.807, 2.05) is 12.1 Å². The van der Waals surface area contributed by atoms with Gasteiger partial charge in [-0.2, -0.15) is 0 Å². The van der Waals surface area contributed by atoms with E-state index in [0.717, 1.165) is 42.7 Å². The summed E-state index contributed by atoms with van der Waals surface area (Å²) < 4.78 is 4.47. The number of rotatable bonds is 10. The molecule has 0 saturated heterocycles. The summed E-state index contributed by atoms with van der Waals surface area (Å²) in [4.78, 5) is 11.9. The summed E-state index contributed by atoms with van der Waals surface area (Å²) in [6, 6.07) is 23.2. The summed E-state index contributed by atoms with van der Waals surface area (Å²) in [5, 5.41) is 8.79. The smallest absolute Gasteiger partial charge is 0.282 e. The van der Waals surface area contributed by atoms with Crippen LogP contribution in [0.1, 0.15) is 37.1 Å². The van der Waals surface area contributed by atoms with Crippen LogP contribution in [0.25, 0.3) is 44.7 Å². The van der Waals surface area contributed by atoms with Crippen LogP contribution >= 0.6 is 23.2 Å². The van der Waals surface area contributed by atoms with E-state index in [1.165, 1.54) is 27.1 Å². The number of aromatic nitrogens is 2. The van der Waals surface area contributed by atoms with Crippen LogP contribution in [0.5, 0.6) is 0 Å². The normalized spacial score (nSPS) is 11.8. The number of aryl methyl sites for hydroxylation is 2. The lowest BCUT2D eigenvalue weighted by atomic mass is 9.96. The number of nitrogens with one attached hydrogen (secondary N) is 1. The van der Waals surface area contributed by atoms with Crippen LogP contribution < -0.4 is 15.6 Å². The number of carbonyl (C=O) groups excluding carboxylic acids is 1. The van der Waals surface area contributed by atoms with Crippen molar-refractivity contribution in [1.82, 2.24) is 9.88 Å². The number of unbranched alkanes of at least 4 members (excludes halogenated alkanes) is 2. The number of nitrogens with zero attached hydrogens (tertiary/aromatic N) is 2. The molecule has 200 valence electrons. The number of hydrogen-bond donors (Lipinski definition) is 2. The van der Waals surface area contributed by atoms with Gasteiger partial charge < -0.3 is 11.1 Å². The highest BCUT2D eigenvalue weighted by molar-refractivity contribution is 6.42. The van der Waals surface area contributed by atoms with Gasteiger partial charge in [0.05, 0.1) is 23.6 Å². The first-order valence-corrected chi connectivity index (χ1v) is 14.2. The highest BCUT2D eigenvalue weighted by Gasteiger charge is 2.22. The summed E-state index contributed by atoms with van der Waals surface area (Å²) in [7, 11) is 2.06. The van der Waals surface area contributed by atoms with Crippen molar-refractivity contribution in [3.8, 4) is 0 Å². The first kappa shape index (κ1) is 27.2. The number of nitrogens with two attached hydrogens (primary N) is 1. The summed E-state index contributed by atoms with van der Waals surface area (Å²) in [6.45, 7) is 1.78. The van der Waals surface area contributed by atoms with Gasteiger partial charge in [-0.3, -0.25) is 4.79 Å². The molecule has 0 aliphatic carbocycles. The molecule has 5 nitrogen and oxygen atoms in total. The molecule has 1 aromatic heterocycles. The van der Waals surface area contributed by atoms with E-state index in [2.05, 4.69) is 88.2 Å². The number of halogens is 2. The van der Waals surface area contributed by atoms with Crippen LogP contribution in [0.3, 0.4) is 0 Å². The van der Waals surface area contributed by atoms with E-state index >= 15 is 0 Å². The van der Waals surface area contributed by atoms with Crippen LogP contribution in [0, 0.1) is 0 Å². The van der Waals surface area contributed by atoms with E-state index in [-0.39, 0.29) is 5.91 Å². The van der Waals surface area contributed by atoms with Crippen LogP contribution in [-0.4, -0.2) is 23.6 Å². The van der Waals surface area contributed by atoms with E-state index in [4.69, 9.17) is 28.9 Å². The first-order chi connectivity index (χ1) is 19.0. The monoisotopic (exact) mass is 559 g/mol. The minimum Gasteiger partial charge on any atom is -0.355 e. The van der Waals surface area contributed by atoms with Gasteiger partial charge in [0, 0.05) is 37.7 Å². The largest absolute Gasteiger partial charge is 0.355 e. The Morgan fingerprint density at radius 1 is 0.923 bits per heavy atom. The van der Waals surface area contributed by atoms with Gasteiger partial charge in [-0.15, -0.1) is 0 Å². The molecular formula is C32H33Cl2N4O+. The summed E-state index contributed by atoms with van der Waals surface area (Å²) >= 11 is 12.9. The van der Waals surface area contributed by atoms with Crippen LogP contribution in [0.2, 0.25) is 10.0 Å². The number of benzene rings is 4. The predicted octanol–water partition coefficient (Wildman–Crippen LogP) is 6.88. The Bertz CT molecular complexity index is 1640. The average molecular weight is 561 g/mol. The predicted molar refractivity (Wildman–Crippen MR) is 164 cm³/mol. The Hall–Kier alpha value is -3.38. The Morgan fingerprint density at radius 3 is 2.28 bits per heavy atom. The fourth-order valence-electron chi connectivity index (χ4n) is 5.29. The third kappa shape index (κ3) is 5.81. The lowest BCUT2D eigenvalue weighted by molar-refractivity contribution is -0.647. The van der Waals surface area contributed by atoms with Crippen LogP contribution in [-0.2, 0) is 18.4 Å². The molecule has 1 heterocycles. The van der Waals surface area contributed by atoms with Crippen LogP contribution in [0.4, 0.5) is 0 Å². The molecule has 0 saturated carbocycles. The molecule has 1 amide bonds. The zero-order valence-electron chi connectivity index (χ0n) is 22.1. The van der Waals surface area contributed by atoms with Crippen LogP contribution in [0.15, 0.2) is 66.7 Å². The minimum atomic E-state index is 0.0608. The molecule has 0 aliphatic rings. The van der Waals surface area contributed by atoms with Crippen molar-refractivity contribution < 1.29 is 9.36 Å². The molecule has 39 heavy (non-hydrogen) atoms. The molecule has 7 heteroatoms. The highest BCUT2D eigenvalue weighted by Crippen LogP contribution is 2.31. The van der Waals surface area contributed by atoms with Gasteiger partial charge in [-0.1, -0.05) is 71.7 Å². The maximum Gasteiger partial charge on any atom is 0.282 e. The summed E-state index contributed by atoms with van der Waals surface area (Å²) in [5.41, 5.74) is 8.73. The zero-order chi connectivity index (χ0) is 27.4. The lowest BCUT2D eigenvalue weighted by Gasteiger charge is -2.08. The molecule has 0 radical (unpaired) electrons. The molecule has 0 spiro atoms. The Labute approximate surface area is 238 Å². The van der Waals surface area contributed by atoms with E-state index in [9.17, 15) is 4.79 Å². The van der Waals surface area contributed by atoms with Crippen molar-refractivity contribution in [2.24, 2.45) is 12.8 Å². The van der Waals surface area contributed by atoms with Crippen molar-refractivity contribution in [3.05, 3.63) is 88.2 Å². The third-order valence-electron chi connectivity index (χ3n) is 7.25. The van der Waals surface area contributed by atoms with Crippen molar-refractivity contribution in [1.29, 1.82) is 0 Å². The van der Waals surface area contributed by atoms with E-state index in [0.29, 0.717) is 29.6 Å². The van der Waals surface area contributed by atoms with Gasteiger partial charge >= 0.3 is 0 Å². The maximum absolute atomic E-state index is 11.9. The molecule has 0 fully saturated rings. The Balaban J connectivity index is 1.50. The summed E-state index contributed by atoms with van der Waals surface area (Å²) in [6.07, 6.45) is 7.64. The number of carbonyl (C=O) groups is 1. The standard InChI is InChI=1S/C32H32Cl2N4O/c1-37-29-20-27(33)28(34)21-30(29)38(18-8-2-3-13-31(39)36-17-16-35)32(37)15-14-26-24-11-6-4-9-22(24)19-23-10-5-7-12-25(23)26/h4-7,9-12,14-15,19-21H,2-3,8,13,16-18,35H2,1H3/p+1/b15-14+. The van der Waals surface area contributed by atoms with Crippen molar-refractivity contribution in [2.75, 3.05) is 13.1 Å². The SMILES string of the molecule is C[n+]1c(/C=C/c2c3ccccc3cc3ccccc23)n(CCCCCC(=O)NCCN)c2cc(Cl)c(Cl)cc21. The zero-order valence-corrected chi connectivity index (χ0v) is 23.6. The number of imidazole rings is 1. The fourth-order valence-corrected chi connectivity index (χ4v) is 5.61. The second-order valence-electron chi connectivity index (χ2n) is 9.84. The molecule has 4 aromatic carbocycles. The molecule has 3 N–H and O–H groups in total. The topological polar surface area (TPSA) is 63.9 Å². The molecule has 5 rings (SSSR count). The molecule has 0 atom stereocenters. The van der Waals surface area contributed by atoms with Gasteiger partial charge in [0.15, 0.2) is 11.0 Å². The van der Waals surface area contributed by atoms with Gasteiger partial charge in [0.25, 0.3) is 5.82 Å². The van der Waals surface area contributed by atoms with Gasteiger partial charge in [0.1, 0.15) is 0 Å². The quantitative estimate of drug-likeness (QED) is 0.111. The maximum atomic E-state index is 11.9. The Kier molecular flexibility index (Phi) is 8.51. The molecular weight excluding hydrogens is 527 g/mol. The molecule has 0 unspecified atom stereocenters. The molecule has 5 aromatic rings.